The highest BCUT2D eigenvalue weighted by atomic mass is 16.5. The lowest BCUT2D eigenvalue weighted by molar-refractivity contribution is 0.0599. The summed E-state index contributed by atoms with van der Waals surface area (Å²) in [4.78, 5) is 39.0. The molecule has 0 saturated heterocycles. The Hall–Kier alpha value is -2.89. The van der Waals surface area contributed by atoms with E-state index in [0.29, 0.717) is 17.8 Å². The molecule has 6 heteroatoms. The number of benzene rings is 1. The number of hydrogen-bond acceptors (Lipinski definition) is 4. The quantitative estimate of drug-likeness (QED) is 0.844. The number of amides is 1. The van der Waals surface area contributed by atoms with Crippen molar-refractivity contribution < 1.29 is 14.3 Å². The van der Waals surface area contributed by atoms with E-state index in [1.165, 1.54) is 13.2 Å². The Bertz CT molecular complexity index is 853. The Balaban J connectivity index is 2.39. The summed E-state index contributed by atoms with van der Waals surface area (Å²) in [5, 5.41) is 2.68. The molecule has 0 unspecified atom stereocenters. The molecule has 2 aromatic rings. The normalized spacial score (nSPS) is 10.3. The zero-order valence-corrected chi connectivity index (χ0v) is 14.1. The molecule has 24 heavy (non-hydrogen) atoms. The van der Waals surface area contributed by atoms with Gasteiger partial charge in [-0.25, -0.2) is 4.79 Å². The minimum Gasteiger partial charge on any atom is -0.465 e. The van der Waals surface area contributed by atoms with Crippen LogP contribution in [-0.2, 0) is 11.2 Å². The molecule has 2 rings (SSSR count). The van der Waals surface area contributed by atoms with Crippen LogP contribution in [0.3, 0.4) is 0 Å². The van der Waals surface area contributed by atoms with E-state index in [2.05, 4.69) is 10.3 Å². The molecule has 0 bridgehead atoms. The molecule has 0 aliphatic rings. The molecule has 0 aliphatic heterocycles. The smallest absolute Gasteiger partial charge is 0.339 e. The van der Waals surface area contributed by atoms with Gasteiger partial charge in [0.1, 0.15) is 5.56 Å². The Kier molecular flexibility index (Phi) is 5.18. The first-order valence-electron chi connectivity index (χ1n) is 7.60. The lowest BCUT2D eigenvalue weighted by Crippen LogP contribution is -2.26. The van der Waals surface area contributed by atoms with Crippen LogP contribution in [-0.4, -0.2) is 24.0 Å². The minimum absolute atomic E-state index is 0.133. The number of hydrogen-bond donors (Lipinski definition) is 2. The van der Waals surface area contributed by atoms with Crippen LogP contribution in [0.25, 0.3) is 0 Å². The van der Waals surface area contributed by atoms with Gasteiger partial charge in [-0.3, -0.25) is 9.59 Å². The number of pyridine rings is 1. The Morgan fingerprint density at radius 1 is 1.12 bits per heavy atom. The molecular formula is C18H20N2O4. The van der Waals surface area contributed by atoms with Gasteiger partial charge in [-0.05, 0) is 49.6 Å². The van der Waals surface area contributed by atoms with Crippen molar-refractivity contribution in [3.8, 4) is 0 Å². The van der Waals surface area contributed by atoms with E-state index in [0.717, 1.165) is 11.1 Å². The molecule has 1 heterocycles. The zero-order chi connectivity index (χ0) is 17.9. The summed E-state index contributed by atoms with van der Waals surface area (Å²) in [6.07, 6.45) is 0.443. The van der Waals surface area contributed by atoms with Gasteiger partial charge in [0.25, 0.3) is 11.5 Å². The van der Waals surface area contributed by atoms with E-state index in [-0.39, 0.29) is 11.1 Å². The number of carbonyl (C=O) groups is 2. The van der Waals surface area contributed by atoms with E-state index in [1.54, 1.807) is 13.0 Å². The van der Waals surface area contributed by atoms with Gasteiger partial charge >= 0.3 is 5.97 Å². The highest BCUT2D eigenvalue weighted by Crippen LogP contribution is 2.15. The molecule has 6 nitrogen and oxygen atoms in total. The lowest BCUT2D eigenvalue weighted by Gasteiger charge is -2.10. The molecule has 0 saturated carbocycles. The van der Waals surface area contributed by atoms with E-state index in [9.17, 15) is 14.4 Å². The van der Waals surface area contributed by atoms with E-state index in [4.69, 9.17) is 4.74 Å². The van der Waals surface area contributed by atoms with Gasteiger partial charge in [0.05, 0.1) is 12.7 Å². The second kappa shape index (κ2) is 7.12. The largest absolute Gasteiger partial charge is 0.465 e. The molecule has 0 radical (unpaired) electrons. The molecule has 2 N–H and O–H groups in total. The van der Waals surface area contributed by atoms with Gasteiger partial charge in [-0.2, -0.15) is 0 Å². The van der Waals surface area contributed by atoms with Gasteiger partial charge in [0, 0.05) is 11.4 Å². The zero-order valence-electron chi connectivity index (χ0n) is 14.1. The van der Waals surface area contributed by atoms with Crippen molar-refractivity contribution in [3.63, 3.8) is 0 Å². The number of rotatable bonds is 4. The molecule has 1 aromatic carbocycles. The summed E-state index contributed by atoms with van der Waals surface area (Å²) < 4.78 is 4.71. The first-order chi connectivity index (χ1) is 11.4. The number of nitrogens with one attached hydrogen (secondary N) is 2. The third-order valence-corrected chi connectivity index (χ3v) is 3.89. The summed E-state index contributed by atoms with van der Waals surface area (Å²) in [5.41, 5.74) is 2.66. The molecular weight excluding hydrogens is 308 g/mol. The number of carbonyl (C=O) groups excluding carboxylic acids is 2. The minimum atomic E-state index is -0.594. The fourth-order valence-corrected chi connectivity index (χ4v) is 2.33. The van der Waals surface area contributed by atoms with Crippen molar-refractivity contribution in [2.24, 2.45) is 0 Å². The van der Waals surface area contributed by atoms with Crippen molar-refractivity contribution in [2.45, 2.75) is 27.2 Å². The van der Waals surface area contributed by atoms with Crippen molar-refractivity contribution in [2.75, 3.05) is 12.4 Å². The maximum absolute atomic E-state index is 12.4. The number of methoxy groups -OCH3 is 1. The van der Waals surface area contributed by atoms with Crippen LogP contribution < -0.4 is 10.9 Å². The molecule has 1 amide bonds. The lowest BCUT2D eigenvalue weighted by atomic mass is 10.1. The van der Waals surface area contributed by atoms with Crippen molar-refractivity contribution in [1.82, 2.24) is 4.98 Å². The van der Waals surface area contributed by atoms with Gasteiger partial charge in [0.2, 0.25) is 0 Å². The highest BCUT2D eigenvalue weighted by Gasteiger charge is 2.19. The van der Waals surface area contributed by atoms with Crippen LogP contribution >= 0.6 is 0 Å². The average Bonchev–Trinajstić information content (AvgIpc) is 2.56. The van der Waals surface area contributed by atoms with Crippen LogP contribution in [0.1, 0.15) is 44.5 Å². The van der Waals surface area contributed by atoms with Crippen LogP contribution in [0, 0.1) is 13.8 Å². The molecule has 0 fully saturated rings. The number of aromatic nitrogens is 1. The first-order valence-corrected chi connectivity index (χ1v) is 7.60. The topological polar surface area (TPSA) is 88.3 Å². The van der Waals surface area contributed by atoms with E-state index in [1.807, 2.05) is 26.0 Å². The van der Waals surface area contributed by atoms with Crippen LogP contribution in [0.5, 0.6) is 0 Å². The van der Waals surface area contributed by atoms with Gasteiger partial charge in [-0.1, -0.05) is 13.0 Å². The number of H-pyrrole nitrogens is 1. The fraction of sp³-hybridized carbons (Fsp3) is 0.278. The maximum atomic E-state index is 12.4. The van der Waals surface area contributed by atoms with Crippen molar-refractivity contribution >= 4 is 17.6 Å². The van der Waals surface area contributed by atoms with Crippen LogP contribution in [0.15, 0.2) is 29.1 Å². The summed E-state index contributed by atoms with van der Waals surface area (Å²) >= 11 is 0. The summed E-state index contributed by atoms with van der Waals surface area (Å²) in [6.45, 7) is 5.70. The predicted octanol–water partition coefficient (Wildman–Crippen LogP) is 2.59. The standard InChI is InChI=1S/C18H20N2O4/c1-5-15-13(18(23)24-4)9-14(17(22)20-15)16(21)19-12-7-6-10(2)11(3)8-12/h6-9H,5H2,1-4H3,(H,19,21)(H,20,22). The molecule has 1 aromatic heterocycles. The average molecular weight is 328 g/mol. The maximum Gasteiger partial charge on any atom is 0.339 e. The summed E-state index contributed by atoms with van der Waals surface area (Å²) in [7, 11) is 1.25. The van der Waals surface area contributed by atoms with Crippen LogP contribution in [0.4, 0.5) is 5.69 Å². The summed E-state index contributed by atoms with van der Waals surface area (Å²) in [5.74, 6) is -1.17. The molecule has 0 atom stereocenters. The monoisotopic (exact) mass is 328 g/mol. The highest BCUT2D eigenvalue weighted by molar-refractivity contribution is 6.05. The SMILES string of the molecule is CCc1[nH]c(=O)c(C(=O)Nc2ccc(C)c(C)c2)cc1C(=O)OC. The Morgan fingerprint density at radius 2 is 1.83 bits per heavy atom. The number of aryl methyl sites for hydroxylation is 3. The number of ether oxygens (including phenoxy) is 1. The Morgan fingerprint density at radius 3 is 2.42 bits per heavy atom. The third-order valence-electron chi connectivity index (χ3n) is 3.89. The number of anilines is 1. The van der Waals surface area contributed by atoms with Gasteiger partial charge in [0.15, 0.2) is 0 Å². The fourth-order valence-electron chi connectivity index (χ4n) is 2.33. The van der Waals surface area contributed by atoms with E-state index >= 15 is 0 Å². The number of aromatic amines is 1. The van der Waals surface area contributed by atoms with Crippen LogP contribution in [0.2, 0.25) is 0 Å². The first kappa shape index (κ1) is 17.5. The van der Waals surface area contributed by atoms with E-state index < -0.39 is 17.4 Å². The number of esters is 1. The van der Waals surface area contributed by atoms with Crippen molar-refractivity contribution in [1.29, 1.82) is 0 Å². The Labute approximate surface area is 139 Å². The van der Waals surface area contributed by atoms with Gasteiger partial charge in [-0.15, -0.1) is 0 Å². The second-order valence-corrected chi connectivity index (χ2v) is 5.50. The second-order valence-electron chi connectivity index (χ2n) is 5.50. The predicted molar refractivity (Wildman–Crippen MR) is 91.6 cm³/mol. The molecule has 0 spiro atoms. The summed E-state index contributed by atoms with van der Waals surface area (Å²) in [6, 6.07) is 6.74. The van der Waals surface area contributed by atoms with Crippen molar-refractivity contribution in [3.05, 3.63) is 62.6 Å². The van der Waals surface area contributed by atoms with Gasteiger partial charge < -0.3 is 15.0 Å². The molecule has 0 aliphatic carbocycles. The molecule has 126 valence electrons. The third kappa shape index (κ3) is 3.53.